The first-order chi connectivity index (χ1) is 7.74. The van der Waals surface area contributed by atoms with Crippen LogP contribution in [-0.4, -0.2) is 40.9 Å². The van der Waals surface area contributed by atoms with Gasteiger partial charge in [-0.15, -0.1) is 12.4 Å². The number of likely N-dealkylation sites (tertiary alicyclic amines) is 1. The van der Waals surface area contributed by atoms with Crippen LogP contribution >= 0.6 is 24.0 Å². The summed E-state index contributed by atoms with van der Waals surface area (Å²) in [7, 11) is 1.96. The van der Waals surface area contributed by atoms with E-state index in [0.717, 1.165) is 29.1 Å². The van der Waals surface area contributed by atoms with E-state index in [0.29, 0.717) is 0 Å². The van der Waals surface area contributed by atoms with Crippen molar-refractivity contribution in [3.63, 3.8) is 0 Å². The van der Waals surface area contributed by atoms with Crippen molar-refractivity contribution in [3.8, 4) is 0 Å². The summed E-state index contributed by atoms with van der Waals surface area (Å²) in [6, 6.07) is 0. The van der Waals surface area contributed by atoms with Gasteiger partial charge in [0.2, 0.25) is 0 Å². The van der Waals surface area contributed by atoms with Crippen molar-refractivity contribution in [2.24, 2.45) is 18.9 Å². The number of rotatable bonds is 2. The number of aromatic nitrogens is 2. The number of nitrogens with zero attached hydrogens (tertiary/aromatic N) is 3. The van der Waals surface area contributed by atoms with Crippen LogP contribution in [0.4, 0.5) is 0 Å². The molecule has 0 bridgehead atoms. The summed E-state index contributed by atoms with van der Waals surface area (Å²) in [5.74, 6) is 1.68. The van der Waals surface area contributed by atoms with Crippen molar-refractivity contribution in [1.82, 2.24) is 20.0 Å². The Morgan fingerprint density at radius 1 is 1.41 bits per heavy atom. The molecule has 0 aliphatic carbocycles. The van der Waals surface area contributed by atoms with E-state index in [-0.39, 0.29) is 12.4 Å². The Hall–Kier alpha value is -0.290. The molecule has 3 heterocycles. The summed E-state index contributed by atoms with van der Waals surface area (Å²) in [6.07, 6.45) is 1.73. The molecular formula is C11H18Cl2N4. The topological polar surface area (TPSA) is 33.1 Å². The SMILES string of the molecule is Cl.Cn1ncc(Cl)c1CN1C[C@H]2CNC[C@H]2C1. The quantitative estimate of drug-likeness (QED) is 0.880. The number of aryl methyl sites for hydroxylation is 1. The highest BCUT2D eigenvalue weighted by molar-refractivity contribution is 6.31. The zero-order valence-electron chi connectivity index (χ0n) is 9.90. The van der Waals surface area contributed by atoms with E-state index >= 15 is 0 Å². The van der Waals surface area contributed by atoms with Crippen molar-refractivity contribution >= 4 is 24.0 Å². The average molecular weight is 277 g/mol. The van der Waals surface area contributed by atoms with E-state index in [1.54, 1.807) is 6.20 Å². The van der Waals surface area contributed by atoms with Crippen LogP contribution in [0.15, 0.2) is 6.20 Å². The van der Waals surface area contributed by atoms with Gasteiger partial charge in [-0.3, -0.25) is 9.58 Å². The summed E-state index contributed by atoms with van der Waals surface area (Å²) >= 11 is 6.12. The van der Waals surface area contributed by atoms with Gasteiger partial charge in [-0.1, -0.05) is 11.6 Å². The first kappa shape index (κ1) is 13.1. The maximum absolute atomic E-state index is 6.12. The zero-order valence-corrected chi connectivity index (χ0v) is 11.5. The number of halogens is 2. The molecule has 6 heteroatoms. The minimum atomic E-state index is 0. The van der Waals surface area contributed by atoms with Crippen LogP contribution in [0.25, 0.3) is 0 Å². The molecule has 2 atom stereocenters. The first-order valence-electron chi connectivity index (χ1n) is 5.83. The van der Waals surface area contributed by atoms with Crippen molar-refractivity contribution in [1.29, 1.82) is 0 Å². The highest BCUT2D eigenvalue weighted by Crippen LogP contribution is 2.28. The average Bonchev–Trinajstić information content (AvgIpc) is 2.88. The molecule has 2 fully saturated rings. The van der Waals surface area contributed by atoms with E-state index in [1.807, 2.05) is 11.7 Å². The Balaban J connectivity index is 0.00000108. The van der Waals surface area contributed by atoms with Crippen LogP contribution in [0.2, 0.25) is 5.02 Å². The van der Waals surface area contributed by atoms with Gasteiger partial charge in [0.1, 0.15) is 0 Å². The molecule has 17 heavy (non-hydrogen) atoms. The molecule has 0 unspecified atom stereocenters. The summed E-state index contributed by atoms with van der Waals surface area (Å²) in [5, 5.41) is 8.42. The summed E-state index contributed by atoms with van der Waals surface area (Å²) in [6.45, 7) is 5.68. The van der Waals surface area contributed by atoms with Crippen LogP contribution in [0.5, 0.6) is 0 Å². The minimum absolute atomic E-state index is 0. The number of hydrogen-bond acceptors (Lipinski definition) is 3. The number of nitrogens with one attached hydrogen (secondary N) is 1. The van der Waals surface area contributed by atoms with Crippen LogP contribution in [0.3, 0.4) is 0 Å². The molecule has 1 aromatic heterocycles. The standard InChI is InChI=1S/C11H17ClN4.ClH/c1-15-11(10(12)4-14-15)7-16-5-8-2-13-3-9(8)6-16;/h4,8-9,13H,2-3,5-7H2,1H3;1H/t8-,9+;. The fraction of sp³-hybridized carbons (Fsp3) is 0.727. The lowest BCUT2D eigenvalue weighted by molar-refractivity contribution is 0.297. The molecule has 2 aliphatic heterocycles. The Bertz CT molecular complexity index is 361. The lowest BCUT2D eigenvalue weighted by Gasteiger charge is -2.17. The van der Waals surface area contributed by atoms with Gasteiger partial charge in [-0.25, -0.2) is 0 Å². The molecule has 3 rings (SSSR count). The third-order valence-corrected chi connectivity index (χ3v) is 4.16. The lowest BCUT2D eigenvalue weighted by atomic mass is 10.0. The smallest absolute Gasteiger partial charge is 0.0831 e. The molecule has 1 N–H and O–H groups in total. The third-order valence-electron chi connectivity index (χ3n) is 3.85. The number of fused-ring (bicyclic) bond motifs is 1. The van der Waals surface area contributed by atoms with Crippen LogP contribution in [0, 0.1) is 11.8 Å². The minimum Gasteiger partial charge on any atom is -0.316 e. The highest BCUT2D eigenvalue weighted by atomic mass is 35.5. The van der Waals surface area contributed by atoms with Crippen molar-refractivity contribution in [3.05, 3.63) is 16.9 Å². The van der Waals surface area contributed by atoms with Crippen molar-refractivity contribution < 1.29 is 0 Å². The second-order valence-corrected chi connectivity index (χ2v) is 5.34. The van der Waals surface area contributed by atoms with Gasteiger partial charge in [0, 0.05) is 26.7 Å². The molecule has 1 aromatic rings. The molecule has 0 amide bonds. The second kappa shape index (κ2) is 5.14. The van der Waals surface area contributed by atoms with E-state index in [4.69, 9.17) is 11.6 Å². The van der Waals surface area contributed by atoms with Crippen molar-refractivity contribution in [2.45, 2.75) is 6.54 Å². The molecule has 2 aliphatic rings. The Kier molecular flexibility index (Phi) is 3.98. The van der Waals surface area contributed by atoms with Crippen LogP contribution in [-0.2, 0) is 13.6 Å². The van der Waals surface area contributed by atoms with E-state index in [2.05, 4.69) is 15.3 Å². The first-order valence-corrected chi connectivity index (χ1v) is 6.21. The third kappa shape index (κ3) is 2.45. The van der Waals surface area contributed by atoms with Gasteiger partial charge < -0.3 is 5.32 Å². The monoisotopic (exact) mass is 276 g/mol. The highest BCUT2D eigenvalue weighted by Gasteiger charge is 2.36. The van der Waals surface area contributed by atoms with Crippen LogP contribution < -0.4 is 5.32 Å². The van der Waals surface area contributed by atoms with Gasteiger partial charge >= 0.3 is 0 Å². The zero-order chi connectivity index (χ0) is 11.1. The summed E-state index contributed by atoms with van der Waals surface area (Å²) < 4.78 is 1.88. The van der Waals surface area contributed by atoms with Gasteiger partial charge in [0.25, 0.3) is 0 Å². The van der Waals surface area contributed by atoms with Crippen LogP contribution in [0.1, 0.15) is 5.69 Å². The molecular weight excluding hydrogens is 259 g/mol. The molecule has 4 nitrogen and oxygen atoms in total. The predicted octanol–water partition coefficient (Wildman–Crippen LogP) is 1.15. The Labute approximate surface area is 113 Å². The predicted molar refractivity (Wildman–Crippen MR) is 70.6 cm³/mol. The fourth-order valence-electron chi connectivity index (χ4n) is 2.91. The lowest BCUT2D eigenvalue weighted by Crippen LogP contribution is -2.26. The van der Waals surface area contributed by atoms with Gasteiger partial charge in [-0.2, -0.15) is 5.10 Å². The summed E-state index contributed by atoms with van der Waals surface area (Å²) in [4.78, 5) is 2.50. The Morgan fingerprint density at radius 3 is 2.59 bits per heavy atom. The van der Waals surface area contributed by atoms with Gasteiger partial charge in [0.05, 0.1) is 16.9 Å². The fourth-order valence-corrected chi connectivity index (χ4v) is 3.13. The molecule has 0 radical (unpaired) electrons. The van der Waals surface area contributed by atoms with E-state index in [1.165, 1.54) is 26.2 Å². The van der Waals surface area contributed by atoms with E-state index in [9.17, 15) is 0 Å². The van der Waals surface area contributed by atoms with E-state index < -0.39 is 0 Å². The Morgan fingerprint density at radius 2 is 2.06 bits per heavy atom. The largest absolute Gasteiger partial charge is 0.316 e. The maximum atomic E-state index is 6.12. The molecule has 0 saturated carbocycles. The number of hydrogen-bond donors (Lipinski definition) is 1. The molecule has 0 spiro atoms. The van der Waals surface area contributed by atoms with Crippen molar-refractivity contribution in [2.75, 3.05) is 26.2 Å². The second-order valence-electron chi connectivity index (χ2n) is 4.94. The van der Waals surface area contributed by atoms with Gasteiger partial charge in [0.15, 0.2) is 0 Å². The maximum Gasteiger partial charge on any atom is 0.0831 e. The molecule has 0 aromatic carbocycles. The van der Waals surface area contributed by atoms with Gasteiger partial charge in [-0.05, 0) is 24.9 Å². The normalized spacial score (nSPS) is 28.1. The summed E-state index contributed by atoms with van der Waals surface area (Å²) in [5.41, 5.74) is 1.13. The molecule has 2 saturated heterocycles. The molecule has 96 valence electrons.